The Hall–Kier alpha value is -0.530. The van der Waals surface area contributed by atoms with Crippen molar-refractivity contribution in [3.8, 4) is 0 Å². The van der Waals surface area contributed by atoms with Crippen molar-refractivity contribution in [2.24, 2.45) is 11.8 Å². The predicted molar refractivity (Wildman–Crippen MR) is 52.4 cm³/mol. The van der Waals surface area contributed by atoms with Gasteiger partial charge in [0.1, 0.15) is 0 Å². The van der Waals surface area contributed by atoms with Crippen LogP contribution in [0.3, 0.4) is 0 Å². The molecule has 0 unspecified atom stereocenters. The highest BCUT2D eigenvalue weighted by atomic mass is 16.5. The van der Waals surface area contributed by atoms with Gasteiger partial charge in [-0.2, -0.15) is 0 Å². The lowest BCUT2D eigenvalue weighted by atomic mass is 9.81. The summed E-state index contributed by atoms with van der Waals surface area (Å²) >= 11 is 0. The first-order chi connectivity index (χ1) is 6.25. The van der Waals surface area contributed by atoms with Crippen molar-refractivity contribution in [1.29, 1.82) is 0 Å². The van der Waals surface area contributed by atoms with Crippen LogP contribution in [-0.4, -0.2) is 12.6 Å². The zero-order valence-corrected chi connectivity index (χ0v) is 8.71. The van der Waals surface area contributed by atoms with Gasteiger partial charge in [0.15, 0.2) is 0 Å². The van der Waals surface area contributed by atoms with Gasteiger partial charge in [-0.3, -0.25) is 4.79 Å². The van der Waals surface area contributed by atoms with Gasteiger partial charge in [-0.25, -0.2) is 0 Å². The Labute approximate surface area is 80.7 Å². The Kier molecular flexibility index (Phi) is 4.26. The number of carbonyl (C=O) groups excluding carboxylic acids is 1. The van der Waals surface area contributed by atoms with Crippen molar-refractivity contribution in [3.05, 3.63) is 0 Å². The molecule has 0 aliphatic heterocycles. The molecule has 1 saturated carbocycles. The van der Waals surface area contributed by atoms with E-state index < -0.39 is 0 Å². The van der Waals surface area contributed by atoms with Gasteiger partial charge in [0.2, 0.25) is 0 Å². The van der Waals surface area contributed by atoms with Crippen LogP contribution >= 0.6 is 0 Å². The summed E-state index contributed by atoms with van der Waals surface area (Å²) in [5, 5.41) is 0. The van der Waals surface area contributed by atoms with Crippen molar-refractivity contribution in [2.45, 2.75) is 46.0 Å². The molecule has 0 radical (unpaired) electrons. The molecule has 0 spiro atoms. The van der Waals surface area contributed by atoms with E-state index >= 15 is 0 Å². The minimum Gasteiger partial charge on any atom is -0.466 e. The highest BCUT2D eigenvalue weighted by Crippen LogP contribution is 2.30. The molecule has 0 aromatic heterocycles. The average molecular weight is 184 g/mol. The minimum atomic E-state index is -0.00519. The molecule has 1 rings (SSSR count). The fourth-order valence-electron chi connectivity index (χ4n) is 2.10. The molecular weight excluding hydrogens is 164 g/mol. The van der Waals surface area contributed by atoms with Crippen molar-refractivity contribution in [1.82, 2.24) is 0 Å². The van der Waals surface area contributed by atoms with E-state index in [1.165, 1.54) is 32.1 Å². The topological polar surface area (TPSA) is 26.3 Å². The fraction of sp³-hybridized carbons (Fsp3) is 0.909. The number of esters is 1. The Morgan fingerprint density at radius 1 is 1.38 bits per heavy atom. The molecule has 2 heteroatoms. The van der Waals surface area contributed by atoms with Crippen LogP contribution in [0.25, 0.3) is 0 Å². The normalized spacial score (nSPS) is 21.1. The fourth-order valence-corrected chi connectivity index (χ4v) is 2.10. The highest BCUT2D eigenvalue weighted by molar-refractivity contribution is 5.72. The van der Waals surface area contributed by atoms with E-state index in [1.54, 1.807) is 0 Å². The summed E-state index contributed by atoms with van der Waals surface area (Å²) in [7, 11) is 0. The summed E-state index contributed by atoms with van der Waals surface area (Å²) in [6.45, 7) is 4.38. The first-order valence-electron chi connectivity index (χ1n) is 5.42. The third-order valence-electron chi connectivity index (χ3n) is 3.02. The number of ether oxygens (including phenoxy) is 1. The van der Waals surface area contributed by atoms with E-state index in [0.717, 1.165) is 0 Å². The lowest BCUT2D eigenvalue weighted by Crippen LogP contribution is -2.24. The molecule has 1 aliphatic rings. The maximum absolute atomic E-state index is 11.4. The van der Waals surface area contributed by atoms with Gasteiger partial charge in [0, 0.05) is 0 Å². The van der Waals surface area contributed by atoms with E-state index in [4.69, 9.17) is 4.74 Å². The molecule has 13 heavy (non-hydrogen) atoms. The van der Waals surface area contributed by atoms with Crippen molar-refractivity contribution >= 4 is 5.97 Å². The Morgan fingerprint density at radius 2 is 2.00 bits per heavy atom. The van der Waals surface area contributed by atoms with Crippen LogP contribution in [0.2, 0.25) is 0 Å². The van der Waals surface area contributed by atoms with Crippen LogP contribution < -0.4 is 0 Å². The summed E-state index contributed by atoms with van der Waals surface area (Å²) in [5.74, 6) is 0.683. The van der Waals surface area contributed by atoms with Gasteiger partial charge in [0.05, 0.1) is 12.5 Å². The van der Waals surface area contributed by atoms with Crippen LogP contribution in [0.5, 0.6) is 0 Å². The van der Waals surface area contributed by atoms with Crippen LogP contribution in [0.15, 0.2) is 0 Å². The molecule has 0 N–H and O–H groups in total. The van der Waals surface area contributed by atoms with Crippen LogP contribution in [0, 0.1) is 11.8 Å². The number of rotatable bonds is 3. The van der Waals surface area contributed by atoms with E-state index in [-0.39, 0.29) is 11.9 Å². The molecule has 0 saturated heterocycles. The Balaban J connectivity index is 2.35. The molecule has 0 heterocycles. The monoisotopic (exact) mass is 184 g/mol. The second kappa shape index (κ2) is 5.25. The van der Waals surface area contributed by atoms with E-state index in [2.05, 4.69) is 0 Å². The first-order valence-corrected chi connectivity index (χ1v) is 5.42. The first kappa shape index (κ1) is 10.6. The summed E-state index contributed by atoms with van der Waals surface area (Å²) in [6.07, 6.45) is 6.33. The number of hydrogen-bond donors (Lipinski definition) is 0. The molecule has 1 aliphatic carbocycles. The van der Waals surface area contributed by atoms with Gasteiger partial charge in [-0.1, -0.05) is 26.2 Å². The Bertz CT molecular complexity index is 159. The van der Waals surface area contributed by atoms with Crippen LogP contribution in [-0.2, 0) is 9.53 Å². The van der Waals surface area contributed by atoms with Crippen molar-refractivity contribution < 1.29 is 9.53 Å². The lowest BCUT2D eigenvalue weighted by molar-refractivity contribution is -0.149. The summed E-state index contributed by atoms with van der Waals surface area (Å²) < 4.78 is 5.02. The number of hydrogen-bond acceptors (Lipinski definition) is 2. The largest absolute Gasteiger partial charge is 0.466 e. The third-order valence-corrected chi connectivity index (χ3v) is 3.02. The van der Waals surface area contributed by atoms with E-state index in [0.29, 0.717) is 12.5 Å². The summed E-state index contributed by atoms with van der Waals surface area (Å²) in [5.41, 5.74) is 0. The molecule has 0 amide bonds. The standard InChI is InChI=1S/C11H20O2/c1-3-13-11(12)9(2)10-7-5-4-6-8-10/h9-10H,3-8H2,1-2H3/t9-/m0/s1. The predicted octanol–water partition coefficient (Wildman–Crippen LogP) is 2.77. The van der Waals surface area contributed by atoms with Gasteiger partial charge < -0.3 is 4.74 Å². The number of carbonyl (C=O) groups is 1. The molecule has 0 aromatic carbocycles. The molecule has 1 fully saturated rings. The maximum atomic E-state index is 11.4. The lowest BCUT2D eigenvalue weighted by Gasteiger charge is -2.25. The van der Waals surface area contributed by atoms with Gasteiger partial charge >= 0.3 is 5.97 Å². The molecule has 76 valence electrons. The van der Waals surface area contributed by atoms with E-state index in [1.807, 2.05) is 13.8 Å². The highest BCUT2D eigenvalue weighted by Gasteiger charge is 2.26. The van der Waals surface area contributed by atoms with E-state index in [9.17, 15) is 4.79 Å². The zero-order valence-electron chi connectivity index (χ0n) is 8.71. The second-order valence-corrected chi connectivity index (χ2v) is 3.94. The molecule has 0 aromatic rings. The van der Waals surface area contributed by atoms with Crippen LogP contribution in [0.1, 0.15) is 46.0 Å². The van der Waals surface area contributed by atoms with Crippen molar-refractivity contribution in [2.75, 3.05) is 6.61 Å². The third kappa shape index (κ3) is 3.02. The summed E-state index contributed by atoms with van der Waals surface area (Å²) in [6, 6.07) is 0. The van der Waals surface area contributed by atoms with Crippen molar-refractivity contribution in [3.63, 3.8) is 0 Å². The SMILES string of the molecule is CCOC(=O)[C@@H](C)C1CCCCC1. The van der Waals surface area contributed by atoms with Gasteiger partial charge in [-0.15, -0.1) is 0 Å². The smallest absolute Gasteiger partial charge is 0.308 e. The average Bonchev–Trinajstić information content (AvgIpc) is 2.18. The Morgan fingerprint density at radius 3 is 2.54 bits per heavy atom. The maximum Gasteiger partial charge on any atom is 0.308 e. The molecular formula is C11H20O2. The van der Waals surface area contributed by atoms with Gasteiger partial charge in [-0.05, 0) is 25.7 Å². The summed E-state index contributed by atoms with van der Waals surface area (Å²) in [4.78, 5) is 11.4. The molecule has 2 nitrogen and oxygen atoms in total. The van der Waals surface area contributed by atoms with Crippen LogP contribution in [0.4, 0.5) is 0 Å². The molecule has 0 bridgehead atoms. The van der Waals surface area contributed by atoms with Gasteiger partial charge in [0.25, 0.3) is 0 Å². The molecule has 1 atom stereocenters. The zero-order chi connectivity index (χ0) is 9.68. The minimum absolute atomic E-state index is 0.00519. The quantitative estimate of drug-likeness (QED) is 0.630. The second-order valence-electron chi connectivity index (χ2n) is 3.94.